The molecule has 2 aromatic heterocycles. The molecular weight excluding hydrogens is 312 g/mol. The van der Waals surface area contributed by atoms with Gasteiger partial charge in [0.05, 0.1) is 7.11 Å². The first kappa shape index (κ1) is 16.0. The van der Waals surface area contributed by atoms with Crippen molar-refractivity contribution in [3.8, 4) is 5.88 Å². The SMILES string of the molecule is COc1cc(N[C@@H]2CCN(c3cc(=O)n(C)c(=O)n3C)C2)ncn1. The number of hydrogen-bond acceptors (Lipinski definition) is 7. The Morgan fingerprint density at radius 3 is 2.75 bits per heavy atom. The van der Waals surface area contributed by atoms with Crippen LogP contribution in [-0.2, 0) is 14.1 Å². The number of nitrogens with zero attached hydrogens (tertiary/aromatic N) is 5. The van der Waals surface area contributed by atoms with Crippen LogP contribution in [0.15, 0.2) is 28.0 Å². The first-order valence-corrected chi connectivity index (χ1v) is 7.64. The number of methoxy groups -OCH3 is 1. The monoisotopic (exact) mass is 332 g/mol. The minimum Gasteiger partial charge on any atom is -0.481 e. The molecule has 1 aliphatic heterocycles. The average Bonchev–Trinajstić information content (AvgIpc) is 3.04. The van der Waals surface area contributed by atoms with Gasteiger partial charge in [0, 0.05) is 45.4 Å². The highest BCUT2D eigenvalue weighted by molar-refractivity contribution is 5.44. The third-order valence-electron chi connectivity index (χ3n) is 4.22. The summed E-state index contributed by atoms with van der Waals surface area (Å²) < 4.78 is 7.68. The molecule has 3 heterocycles. The highest BCUT2D eigenvalue weighted by Gasteiger charge is 2.25. The van der Waals surface area contributed by atoms with Crippen LogP contribution in [-0.4, -0.2) is 45.3 Å². The fraction of sp³-hybridized carbons (Fsp3) is 0.467. The van der Waals surface area contributed by atoms with Gasteiger partial charge in [-0.3, -0.25) is 13.9 Å². The lowest BCUT2D eigenvalue weighted by molar-refractivity contribution is 0.397. The number of rotatable bonds is 4. The highest BCUT2D eigenvalue weighted by Crippen LogP contribution is 2.20. The molecule has 0 amide bonds. The third-order valence-corrected chi connectivity index (χ3v) is 4.22. The summed E-state index contributed by atoms with van der Waals surface area (Å²) >= 11 is 0. The van der Waals surface area contributed by atoms with Crippen LogP contribution in [0.1, 0.15) is 6.42 Å². The molecular formula is C15H20N6O3. The van der Waals surface area contributed by atoms with Crippen molar-refractivity contribution >= 4 is 11.6 Å². The summed E-state index contributed by atoms with van der Waals surface area (Å²) in [5.74, 6) is 1.82. The predicted octanol–water partition coefficient (Wildman–Crippen LogP) is -0.427. The normalized spacial score (nSPS) is 17.1. The van der Waals surface area contributed by atoms with E-state index in [9.17, 15) is 9.59 Å². The van der Waals surface area contributed by atoms with Gasteiger partial charge in [0.25, 0.3) is 5.56 Å². The molecule has 0 aliphatic carbocycles. The zero-order valence-corrected chi connectivity index (χ0v) is 13.9. The number of aromatic nitrogens is 4. The van der Waals surface area contributed by atoms with E-state index in [1.165, 1.54) is 24.0 Å². The molecule has 9 nitrogen and oxygen atoms in total. The molecule has 1 atom stereocenters. The molecule has 1 N–H and O–H groups in total. The summed E-state index contributed by atoms with van der Waals surface area (Å²) in [5.41, 5.74) is -0.625. The van der Waals surface area contributed by atoms with Crippen LogP contribution in [0, 0.1) is 0 Å². The largest absolute Gasteiger partial charge is 0.481 e. The fourth-order valence-corrected chi connectivity index (χ4v) is 2.85. The molecule has 3 rings (SSSR count). The molecule has 2 aromatic rings. The van der Waals surface area contributed by atoms with Crippen molar-refractivity contribution in [1.82, 2.24) is 19.1 Å². The van der Waals surface area contributed by atoms with E-state index < -0.39 is 0 Å². The average molecular weight is 332 g/mol. The van der Waals surface area contributed by atoms with Crippen molar-refractivity contribution in [2.75, 3.05) is 30.4 Å². The summed E-state index contributed by atoms with van der Waals surface area (Å²) in [4.78, 5) is 34.1. The van der Waals surface area contributed by atoms with E-state index in [4.69, 9.17) is 4.74 Å². The molecule has 0 saturated carbocycles. The van der Waals surface area contributed by atoms with E-state index >= 15 is 0 Å². The highest BCUT2D eigenvalue weighted by atomic mass is 16.5. The van der Waals surface area contributed by atoms with Gasteiger partial charge in [0.1, 0.15) is 18.0 Å². The topological polar surface area (TPSA) is 94.3 Å². The van der Waals surface area contributed by atoms with Gasteiger partial charge in [-0.2, -0.15) is 0 Å². The molecule has 0 radical (unpaired) electrons. The molecule has 1 aliphatic rings. The lowest BCUT2D eigenvalue weighted by Crippen LogP contribution is -2.40. The molecule has 1 fully saturated rings. The maximum atomic E-state index is 12.1. The lowest BCUT2D eigenvalue weighted by atomic mass is 10.2. The van der Waals surface area contributed by atoms with Gasteiger partial charge in [0.15, 0.2) is 0 Å². The summed E-state index contributed by atoms with van der Waals surface area (Å²) in [6, 6.07) is 3.39. The predicted molar refractivity (Wildman–Crippen MR) is 89.7 cm³/mol. The van der Waals surface area contributed by atoms with Gasteiger partial charge in [-0.05, 0) is 6.42 Å². The Kier molecular flexibility index (Phi) is 4.24. The summed E-state index contributed by atoms with van der Waals surface area (Å²) in [6.45, 7) is 1.42. The first-order valence-electron chi connectivity index (χ1n) is 7.64. The van der Waals surface area contributed by atoms with Crippen LogP contribution in [0.5, 0.6) is 5.88 Å². The fourth-order valence-electron chi connectivity index (χ4n) is 2.85. The Balaban J connectivity index is 1.76. The second kappa shape index (κ2) is 6.34. The van der Waals surface area contributed by atoms with Gasteiger partial charge in [-0.1, -0.05) is 0 Å². The summed E-state index contributed by atoms with van der Waals surface area (Å²) in [5, 5.41) is 3.33. The number of hydrogen-bond donors (Lipinski definition) is 1. The van der Waals surface area contributed by atoms with E-state index in [0.717, 1.165) is 17.5 Å². The van der Waals surface area contributed by atoms with Gasteiger partial charge in [-0.25, -0.2) is 14.8 Å². The second-order valence-electron chi connectivity index (χ2n) is 5.76. The zero-order valence-electron chi connectivity index (χ0n) is 13.9. The Labute approximate surface area is 138 Å². The third kappa shape index (κ3) is 2.97. The van der Waals surface area contributed by atoms with Crippen LogP contribution >= 0.6 is 0 Å². The summed E-state index contributed by atoms with van der Waals surface area (Å²) in [6.07, 6.45) is 2.31. The van der Waals surface area contributed by atoms with Crippen molar-refractivity contribution in [2.45, 2.75) is 12.5 Å². The molecule has 9 heteroatoms. The minimum absolute atomic E-state index is 0.156. The summed E-state index contributed by atoms with van der Waals surface area (Å²) in [7, 11) is 4.71. The first-order chi connectivity index (χ1) is 11.5. The van der Waals surface area contributed by atoms with E-state index in [1.807, 2.05) is 4.90 Å². The lowest BCUT2D eigenvalue weighted by Gasteiger charge is -2.21. The molecule has 1 saturated heterocycles. The molecule has 0 aromatic carbocycles. The standard InChI is InChI=1S/C15H20N6O3/c1-19-13(7-14(22)20(2)15(19)23)21-5-4-10(8-21)18-11-6-12(24-3)17-9-16-11/h6-7,9-10H,4-5,8H2,1-3H3,(H,16,17,18)/t10-/m1/s1. The Morgan fingerprint density at radius 2 is 2.00 bits per heavy atom. The van der Waals surface area contributed by atoms with Crippen LogP contribution < -0.4 is 26.2 Å². The molecule has 24 heavy (non-hydrogen) atoms. The molecule has 0 unspecified atom stereocenters. The van der Waals surface area contributed by atoms with Crippen LogP contribution in [0.25, 0.3) is 0 Å². The number of nitrogens with one attached hydrogen (secondary N) is 1. The molecule has 0 bridgehead atoms. The minimum atomic E-state index is -0.325. The van der Waals surface area contributed by atoms with Crippen molar-refractivity contribution in [3.05, 3.63) is 39.3 Å². The number of anilines is 2. The van der Waals surface area contributed by atoms with Gasteiger partial charge < -0.3 is 15.0 Å². The molecule has 0 spiro atoms. The van der Waals surface area contributed by atoms with E-state index in [-0.39, 0.29) is 17.3 Å². The van der Waals surface area contributed by atoms with Crippen LogP contribution in [0.3, 0.4) is 0 Å². The van der Waals surface area contributed by atoms with Crippen molar-refractivity contribution in [1.29, 1.82) is 0 Å². The maximum Gasteiger partial charge on any atom is 0.332 e. The quantitative estimate of drug-likeness (QED) is 0.812. The Bertz CT molecular complexity index is 859. The van der Waals surface area contributed by atoms with Crippen molar-refractivity contribution in [2.24, 2.45) is 14.1 Å². The zero-order chi connectivity index (χ0) is 17.3. The molecule has 128 valence electrons. The second-order valence-corrected chi connectivity index (χ2v) is 5.76. The van der Waals surface area contributed by atoms with Gasteiger partial charge in [-0.15, -0.1) is 0 Å². The Hall–Kier alpha value is -2.84. The van der Waals surface area contributed by atoms with Crippen molar-refractivity contribution in [3.63, 3.8) is 0 Å². The van der Waals surface area contributed by atoms with Crippen LogP contribution in [0.2, 0.25) is 0 Å². The van der Waals surface area contributed by atoms with Gasteiger partial charge >= 0.3 is 5.69 Å². The van der Waals surface area contributed by atoms with E-state index in [2.05, 4.69) is 15.3 Å². The maximum absolute atomic E-state index is 12.1. The van der Waals surface area contributed by atoms with Gasteiger partial charge in [0.2, 0.25) is 5.88 Å². The van der Waals surface area contributed by atoms with Crippen LogP contribution in [0.4, 0.5) is 11.6 Å². The van der Waals surface area contributed by atoms with E-state index in [0.29, 0.717) is 24.1 Å². The van der Waals surface area contributed by atoms with Crippen molar-refractivity contribution < 1.29 is 4.74 Å². The smallest absolute Gasteiger partial charge is 0.332 e. The number of ether oxygens (including phenoxy) is 1. The Morgan fingerprint density at radius 1 is 1.21 bits per heavy atom. The van der Waals surface area contributed by atoms with E-state index in [1.54, 1.807) is 20.2 Å².